The molecule has 0 spiro atoms. The van der Waals surface area contributed by atoms with Crippen LogP contribution in [0, 0.1) is 0 Å². The minimum atomic E-state index is -1.06. The summed E-state index contributed by atoms with van der Waals surface area (Å²) in [6.45, 7) is -1.06. The van der Waals surface area contributed by atoms with Crippen LogP contribution in [0.15, 0.2) is 0 Å². The van der Waals surface area contributed by atoms with Crippen LogP contribution in [0.25, 0.3) is 0 Å². The van der Waals surface area contributed by atoms with Crippen molar-refractivity contribution in [3.05, 3.63) is 0 Å². The molecule has 0 unspecified atom stereocenters. The van der Waals surface area contributed by atoms with Crippen molar-refractivity contribution in [2.45, 2.75) is 0 Å². The van der Waals surface area contributed by atoms with Gasteiger partial charge in [0, 0.05) is 0 Å². The molecule has 0 radical (unpaired) electrons. The molecule has 0 amide bonds. The van der Waals surface area contributed by atoms with Gasteiger partial charge < -0.3 is 4.21 Å². The molecule has 4 heavy (non-hydrogen) atoms. The molecule has 0 aromatic heterocycles. The van der Waals surface area contributed by atoms with Crippen LogP contribution < -0.4 is 0 Å². The van der Waals surface area contributed by atoms with E-state index < -0.39 is 6.53 Å². The molecule has 0 bridgehead atoms. The van der Waals surface area contributed by atoms with Gasteiger partial charge in [0.25, 0.3) is 0 Å². The summed E-state index contributed by atoms with van der Waals surface area (Å²) >= 11 is 5.71. The fourth-order valence-electron chi connectivity index (χ4n) is 0. The van der Waals surface area contributed by atoms with Gasteiger partial charge in [-0.05, 0) is 0 Å². The van der Waals surface area contributed by atoms with Gasteiger partial charge in [-0.1, -0.05) is 0 Å². The summed E-state index contributed by atoms with van der Waals surface area (Å²) in [6.07, 6.45) is 0. The Bertz CT molecular complexity index is 54.4. The van der Waals surface area contributed by atoms with Crippen LogP contribution in [0.5, 0.6) is 0 Å². The third kappa shape index (κ3) is 11.3. The average molecular weight is 207 g/mol. The molecule has 0 rings (SSSR count). The summed E-state index contributed by atoms with van der Waals surface area (Å²) in [7, 11) is 0. The summed E-state index contributed by atoms with van der Waals surface area (Å²) in [6, 6.07) is 0. The molecule has 0 atom stereocenters. The number of hydrogen-bond acceptors (Lipinski definition) is 3. The van der Waals surface area contributed by atoms with Crippen LogP contribution in [0.1, 0.15) is 0 Å². The lowest BCUT2D eigenvalue weighted by molar-refractivity contribution is 0.611. The van der Waals surface area contributed by atoms with Crippen LogP contribution in [0.4, 0.5) is 0 Å². The van der Waals surface area contributed by atoms with Gasteiger partial charge in [0.1, 0.15) is 0 Å². The summed E-state index contributed by atoms with van der Waals surface area (Å²) in [5.41, 5.74) is 0. The van der Waals surface area contributed by atoms with E-state index in [1.165, 1.54) is 0 Å². The minimum Gasteiger partial charge on any atom is -0.441 e. The molecule has 0 heterocycles. The molecule has 0 saturated carbocycles. The maximum absolute atomic E-state index is 9.36. The Hall–Kier alpha value is 1.10. The molecule has 0 saturated heterocycles. The molecule has 0 aliphatic heterocycles. The lowest BCUT2D eigenvalue weighted by Crippen LogP contribution is -1.28. The van der Waals surface area contributed by atoms with Gasteiger partial charge in [-0.3, -0.25) is 0 Å². The summed E-state index contributed by atoms with van der Waals surface area (Å²) in [5, 5.41) is 0. The Morgan fingerprint density at radius 1 is 2.00 bits per heavy atom. The zero-order valence-corrected chi connectivity index (χ0v) is 5.39. The third-order valence-corrected chi connectivity index (χ3v) is 0. The van der Waals surface area contributed by atoms with Crippen LogP contribution >= 0.6 is 21.2 Å². The fraction of sp³-hybridized carbons (Fsp3) is 0. The molecule has 0 aromatic carbocycles. The predicted molar refractivity (Wildman–Crippen MR) is 29.4 cm³/mol. The maximum atomic E-state index is 9.36. The van der Waals surface area contributed by atoms with Crippen LogP contribution in [0.3, 0.4) is 0 Å². The fourth-order valence-corrected chi connectivity index (χ4v) is 0. The van der Waals surface area contributed by atoms with Gasteiger partial charge in [0.2, 0.25) is 0 Å². The van der Waals surface area contributed by atoms with Crippen molar-refractivity contribution in [1.82, 2.24) is 0 Å². The van der Waals surface area contributed by atoms with Crippen molar-refractivity contribution in [1.29, 1.82) is 0 Å². The summed E-state index contributed by atoms with van der Waals surface area (Å²) in [4.78, 5) is 0. The predicted octanol–water partition coefficient (Wildman–Crippen LogP) is 0.762. The molecule has 1 nitrogen and oxygen atoms in total. The van der Waals surface area contributed by atoms with E-state index in [1.807, 2.05) is 0 Å². The van der Waals surface area contributed by atoms with E-state index >= 15 is 0 Å². The second-order valence-corrected chi connectivity index (χ2v) is 5.68. The van der Waals surface area contributed by atoms with Crippen molar-refractivity contribution in [3.8, 4) is 0 Å². The molecular formula is IOS2-. The first-order chi connectivity index (χ1) is 1.73. The first-order valence-corrected chi connectivity index (χ1v) is 5.11. The first-order valence-electron chi connectivity index (χ1n) is 0.488. The largest absolute Gasteiger partial charge is 0.441 e. The molecule has 0 aliphatic rings. The Morgan fingerprint density at radius 2 is 2.00 bits per heavy atom. The topological polar surface area (TPSA) is 17.1 Å². The van der Waals surface area contributed by atoms with Crippen LogP contribution in [0.2, 0.25) is 0 Å². The summed E-state index contributed by atoms with van der Waals surface area (Å²) < 4.78 is 9.36. The smallest absolute Gasteiger partial charge is 0.150 e. The Kier molecular flexibility index (Phi) is 2.99. The standard InChI is InChI=1S/IOS2/c1-4(2)3/q-1. The highest BCUT2D eigenvalue weighted by Gasteiger charge is 1.21. The Morgan fingerprint density at radius 3 is 2.00 bits per heavy atom. The monoisotopic (exact) mass is 207 g/mol. The number of rotatable bonds is 0. The van der Waals surface area contributed by atoms with E-state index in [-0.39, 0.29) is 0 Å². The van der Waals surface area contributed by atoms with Gasteiger partial charge in [-0.25, -0.2) is 11.2 Å². The van der Waals surface area contributed by atoms with Gasteiger partial charge in [0.05, 0.1) is 0 Å². The van der Waals surface area contributed by atoms with Crippen molar-refractivity contribution >= 4 is 38.9 Å². The molecule has 0 aliphatic carbocycles. The van der Waals surface area contributed by atoms with Crippen LogP contribution in [-0.4, -0.2) is 0 Å². The highest BCUT2D eigenvalue weighted by Crippen LogP contribution is 1.73. The van der Waals surface area contributed by atoms with Crippen LogP contribution in [-0.2, 0) is 21.9 Å². The van der Waals surface area contributed by atoms with Gasteiger partial charge in [-0.15, -0.1) is 0 Å². The van der Waals surface area contributed by atoms with Gasteiger partial charge in [-0.2, -0.15) is 27.7 Å². The maximum Gasteiger partial charge on any atom is -0.150 e. The van der Waals surface area contributed by atoms with Crippen molar-refractivity contribution in [2.75, 3.05) is 0 Å². The summed E-state index contributed by atoms with van der Waals surface area (Å²) in [5.74, 6) is 0. The molecular weight excluding hydrogens is 207 g/mol. The normalized spacial score (nSPS) is 8.50. The molecule has 0 aromatic rings. The Balaban J connectivity index is 3.51. The van der Waals surface area contributed by atoms with E-state index in [4.69, 9.17) is 0 Å². The lowest BCUT2D eigenvalue weighted by Gasteiger charge is -1.62. The van der Waals surface area contributed by atoms with Crippen molar-refractivity contribution in [3.63, 3.8) is 0 Å². The first kappa shape index (κ1) is 5.10. The highest BCUT2D eigenvalue weighted by molar-refractivity contribution is 14.2. The minimum absolute atomic E-state index is 1.06. The highest BCUT2D eigenvalue weighted by atomic mass is 127. The SMILES string of the molecule is O=[S-](=S)I. The lowest BCUT2D eigenvalue weighted by atomic mass is 16.0. The average Bonchev–Trinajstić information content (AvgIpc) is 0.811. The zero-order chi connectivity index (χ0) is 3.58. The van der Waals surface area contributed by atoms with E-state index in [0.29, 0.717) is 0 Å². The number of halogens is 1. The number of hydrogen-bond donors (Lipinski definition) is 0. The Labute approximate surface area is 43.1 Å². The third-order valence-electron chi connectivity index (χ3n) is 0. The second-order valence-electron chi connectivity index (χ2n) is 0.194. The molecule has 0 fully saturated rings. The zero-order valence-electron chi connectivity index (χ0n) is 1.60. The van der Waals surface area contributed by atoms with E-state index in [9.17, 15) is 4.21 Å². The van der Waals surface area contributed by atoms with E-state index in [0.717, 1.165) is 0 Å². The molecule has 4 heteroatoms. The second kappa shape index (κ2) is 2.34. The van der Waals surface area contributed by atoms with E-state index in [2.05, 4.69) is 11.2 Å². The van der Waals surface area contributed by atoms with Crippen molar-refractivity contribution in [2.24, 2.45) is 0 Å². The molecule has 26 valence electrons. The quantitative estimate of drug-likeness (QED) is 0.331. The van der Waals surface area contributed by atoms with Gasteiger partial charge in [0.15, 0.2) is 0 Å². The van der Waals surface area contributed by atoms with E-state index in [1.54, 1.807) is 21.2 Å². The molecule has 0 N–H and O–H groups in total. The van der Waals surface area contributed by atoms with Crippen molar-refractivity contribution < 1.29 is 4.21 Å². The van der Waals surface area contributed by atoms with Gasteiger partial charge >= 0.3 is 0 Å².